The van der Waals surface area contributed by atoms with Crippen molar-refractivity contribution in [3.63, 3.8) is 0 Å². The maximum absolute atomic E-state index is 12.6. The van der Waals surface area contributed by atoms with E-state index >= 15 is 0 Å². The summed E-state index contributed by atoms with van der Waals surface area (Å²) in [5, 5.41) is 2.43. The summed E-state index contributed by atoms with van der Waals surface area (Å²) in [5.74, 6) is -1.75. The number of rotatable bonds is 8. The predicted octanol–water partition coefficient (Wildman–Crippen LogP) is 0.125. The zero-order valence-corrected chi connectivity index (χ0v) is 15.5. The van der Waals surface area contributed by atoms with E-state index in [4.69, 9.17) is 4.74 Å². The highest BCUT2D eigenvalue weighted by atomic mass is 32.2. The van der Waals surface area contributed by atoms with E-state index in [1.165, 1.54) is 4.90 Å². The molecule has 0 spiro atoms. The number of nitrogens with zero attached hydrogens (tertiary/aromatic N) is 1. The molecule has 0 saturated heterocycles. The Morgan fingerprint density at radius 2 is 2.00 bits per heavy atom. The number of nitrogens with one attached hydrogen (secondary N) is 1. The Balaban J connectivity index is 2.15. The number of hydrogen-bond donors (Lipinski definition) is 1. The van der Waals surface area contributed by atoms with Gasteiger partial charge in [-0.25, -0.2) is 8.42 Å². The van der Waals surface area contributed by atoms with Gasteiger partial charge in [0.1, 0.15) is 22.4 Å². The van der Waals surface area contributed by atoms with Gasteiger partial charge in [-0.15, -0.1) is 0 Å². The highest BCUT2D eigenvalue weighted by molar-refractivity contribution is 7.90. The molecule has 0 aliphatic carbocycles. The molecular weight excluding hydrogens is 360 g/mol. The summed E-state index contributed by atoms with van der Waals surface area (Å²) >= 11 is 0. The Bertz CT molecular complexity index is 805. The Kier molecular flexibility index (Phi) is 6.36. The van der Waals surface area contributed by atoms with Crippen LogP contribution >= 0.6 is 0 Å². The number of esters is 1. The highest BCUT2D eigenvalue weighted by Crippen LogP contribution is 2.25. The molecule has 0 saturated carbocycles. The summed E-state index contributed by atoms with van der Waals surface area (Å²) in [4.78, 5) is 37.9. The van der Waals surface area contributed by atoms with Gasteiger partial charge in [-0.05, 0) is 25.0 Å². The first-order chi connectivity index (χ1) is 12.2. The van der Waals surface area contributed by atoms with Gasteiger partial charge in [-0.2, -0.15) is 0 Å². The third-order valence-corrected chi connectivity index (χ3v) is 4.98. The van der Waals surface area contributed by atoms with E-state index in [0.717, 1.165) is 11.8 Å². The van der Waals surface area contributed by atoms with Crippen LogP contribution < -0.4 is 5.32 Å². The molecule has 0 unspecified atom stereocenters. The molecule has 8 nitrogen and oxygen atoms in total. The van der Waals surface area contributed by atoms with Gasteiger partial charge in [-0.3, -0.25) is 14.4 Å². The van der Waals surface area contributed by atoms with Crippen LogP contribution in [0.15, 0.2) is 24.3 Å². The van der Waals surface area contributed by atoms with Gasteiger partial charge in [0.15, 0.2) is 0 Å². The van der Waals surface area contributed by atoms with E-state index < -0.39 is 27.8 Å². The molecule has 2 amide bonds. The Morgan fingerprint density at radius 3 is 2.62 bits per heavy atom. The fourth-order valence-corrected chi connectivity index (χ4v) is 3.42. The molecule has 1 aliphatic heterocycles. The van der Waals surface area contributed by atoms with Crippen molar-refractivity contribution < 1.29 is 27.5 Å². The molecular formula is C17H22N2O6S. The molecule has 26 heavy (non-hydrogen) atoms. The van der Waals surface area contributed by atoms with Crippen molar-refractivity contribution in [2.45, 2.75) is 25.9 Å². The smallest absolute Gasteiger partial charge is 0.325 e. The van der Waals surface area contributed by atoms with Crippen molar-refractivity contribution in [1.82, 2.24) is 10.2 Å². The summed E-state index contributed by atoms with van der Waals surface area (Å²) in [6.45, 7) is 1.72. The van der Waals surface area contributed by atoms with E-state index in [1.807, 2.05) is 0 Å². The van der Waals surface area contributed by atoms with E-state index in [2.05, 4.69) is 5.32 Å². The maximum atomic E-state index is 12.6. The Morgan fingerprint density at radius 1 is 1.31 bits per heavy atom. The summed E-state index contributed by atoms with van der Waals surface area (Å²) < 4.78 is 27.8. The number of hydrogen-bond acceptors (Lipinski definition) is 6. The van der Waals surface area contributed by atoms with Crippen LogP contribution in [0.2, 0.25) is 0 Å². The first kappa shape index (κ1) is 19.9. The lowest BCUT2D eigenvalue weighted by Crippen LogP contribution is -2.49. The average Bonchev–Trinajstić information content (AvgIpc) is 2.90. The number of carbonyl (C=O) groups is 3. The third kappa shape index (κ3) is 5.04. The summed E-state index contributed by atoms with van der Waals surface area (Å²) in [5.41, 5.74) is 1.27. The van der Waals surface area contributed by atoms with Crippen LogP contribution in [-0.4, -0.2) is 62.3 Å². The van der Waals surface area contributed by atoms with Crippen molar-refractivity contribution in [3.8, 4) is 0 Å². The Hall–Kier alpha value is -2.42. The van der Waals surface area contributed by atoms with Gasteiger partial charge in [0.05, 0.1) is 12.4 Å². The minimum Gasteiger partial charge on any atom is -0.465 e. The predicted molar refractivity (Wildman–Crippen MR) is 94.1 cm³/mol. The number of benzene rings is 1. The fourth-order valence-electron chi connectivity index (χ4n) is 2.77. The Labute approximate surface area is 152 Å². The van der Waals surface area contributed by atoms with Gasteiger partial charge in [0, 0.05) is 18.4 Å². The van der Waals surface area contributed by atoms with Crippen molar-refractivity contribution in [1.29, 1.82) is 0 Å². The molecule has 0 bridgehead atoms. The highest BCUT2D eigenvalue weighted by Gasteiger charge is 2.36. The van der Waals surface area contributed by atoms with Gasteiger partial charge in [-0.1, -0.05) is 18.2 Å². The molecule has 1 atom stereocenters. The molecule has 0 aromatic heterocycles. The number of ether oxygens (including phenoxy) is 1. The lowest BCUT2D eigenvalue weighted by Gasteiger charge is -2.26. The molecule has 0 radical (unpaired) electrons. The van der Waals surface area contributed by atoms with Crippen molar-refractivity contribution in [3.05, 3.63) is 35.4 Å². The lowest BCUT2D eigenvalue weighted by molar-refractivity contribution is -0.143. The second kappa shape index (κ2) is 8.31. The summed E-state index contributed by atoms with van der Waals surface area (Å²) in [7, 11) is -3.32. The summed E-state index contributed by atoms with van der Waals surface area (Å²) in [6, 6.07) is 5.99. The van der Waals surface area contributed by atoms with Crippen LogP contribution in [0, 0.1) is 0 Å². The van der Waals surface area contributed by atoms with Crippen LogP contribution in [0.5, 0.6) is 0 Å². The van der Waals surface area contributed by atoms with E-state index in [9.17, 15) is 22.8 Å². The second-order valence-electron chi connectivity index (χ2n) is 6.05. The van der Waals surface area contributed by atoms with Crippen LogP contribution in [0.3, 0.4) is 0 Å². The molecule has 1 aromatic carbocycles. The van der Waals surface area contributed by atoms with E-state index in [1.54, 1.807) is 31.2 Å². The molecule has 9 heteroatoms. The molecule has 1 heterocycles. The number of fused-ring (bicyclic) bond motifs is 1. The van der Waals surface area contributed by atoms with Crippen LogP contribution in [0.4, 0.5) is 0 Å². The largest absolute Gasteiger partial charge is 0.465 e. The summed E-state index contributed by atoms with van der Waals surface area (Å²) in [6.07, 6.45) is 1.02. The minimum atomic E-state index is -3.32. The molecule has 1 aromatic rings. The lowest BCUT2D eigenvalue weighted by atomic mass is 10.1. The third-order valence-electron chi connectivity index (χ3n) is 4.00. The second-order valence-corrected chi connectivity index (χ2v) is 8.31. The quantitative estimate of drug-likeness (QED) is 0.640. The molecule has 142 valence electrons. The van der Waals surface area contributed by atoms with Crippen LogP contribution in [0.1, 0.15) is 29.3 Å². The first-order valence-electron chi connectivity index (χ1n) is 8.23. The molecule has 2 rings (SSSR count). The van der Waals surface area contributed by atoms with Crippen molar-refractivity contribution in [2.75, 3.05) is 25.2 Å². The fraction of sp³-hybridized carbons (Fsp3) is 0.471. The normalized spacial score (nSPS) is 14.7. The van der Waals surface area contributed by atoms with Gasteiger partial charge in [0.25, 0.3) is 5.91 Å². The van der Waals surface area contributed by atoms with Gasteiger partial charge in [0.2, 0.25) is 5.91 Å². The SMILES string of the molecule is CCOC(=O)CNC(=O)[C@H](CCS(C)(=O)=O)N1Cc2ccccc2C1=O. The topological polar surface area (TPSA) is 110 Å². The van der Waals surface area contributed by atoms with Crippen molar-refractivity contribution >= 4 is 27.6 Å². The van der Waals surface area contributed by atoms with Gasteiger partial charge < -0.3 is 15.0 Å². The standard InChI is InChI=1S/C17H22N2O6S/c1-3-25-15(20)10-18-16(21)14(8-9-26(2,23)24)19-11-12-6-4-5-7-13(12)17(19)22/h4-7,14H,3,8-11H2,1-2H3,(H,18,21)/t14-/m0/s1. The monoisotopic (exact) mass is 382 g/mol. The minimum absolute atomic E-state index is 0.0484. The van der Waals surface area contributed by atoms with Crippen LogP contribution in [0.25, 0.3) is 0 Å². The molecule has 1 aliphatic rings. The molecule has 0 fully saturated rings. The first-order valence-corrected chi connectivity index (χ1v) is 10.3. The van der Waals surface area contributed by atoms with Crippen LogP contribution in [-0.2, 0) is 30.7 Å². The zero-order chi connectivity index (χ0) is 19.3. The molecule has 1 N–H and O–H groups in total. The van der Waals surface area contributed by atoms with E-state index in [0.29, 0.717) is 5.56 Å². The maximum Gasteiger partial charge on any atom is 0.325 e. The number of sulfone groups is 1. The van der Waals surface area contributed by atoms with E-state index in [-0.39, 0.29) is 37.8 Å². The van der Waals surface area contributed by atoms with Gasteiger partial charge >= 0.3 is 5.97 Å². The number of carbonyl (C=O) groups excluding carboxylic acids is 3. The number of amides is 2. The zero-order valence-electron chi connectivity index (χ0n) is 14.7. The average molecular weight is 382 g/mol. The van der Waals surface area contributed by atoms with Crippen molar-refractivity contribution in [2.24, 2.45) is 0 Å².